The minimum absolute atomic E-state index is 0.0576. The van der Waals surface area contributed by atoms with Crippen LogP contribution < -0.4 is 5.32 Å². The summed E-state index contributed by atoms with van der Waals surface area (Å²) in [5, 5.41) is 16.0. The van der Waals surface area contributed by atoms with Crippen LogP contribution in [0.5, 0.6) is 0 Å². The molecule has 0 spiro atoms. The number of nitrogens with one attached hydrogen (secondary N) is 1. The molecule has 0 bridgehead atoms. The Balaban J connectivity index is 1.92. The second-order valence-corrected chi connectivity index (χ2v) is 5.29. The second kappa shape index (κ2) is 5.42. The van der Waals surface area contributed by atoms with Gasteiger partial charge < -0.3 is 10.4 Å². The number of hydrogen-bond acceptors (Lipinski definition) is 3. The van der Waals surface area contributed by atoms with Gasteiger partial charge >= 0.3 is 5.97 Å². The molecule has 6 nitrogen and oxygen atoms in total. The Kier molecular flexibility index (Phi) is 3.87. The molecule has 1 aromatic heterocycles. The van der Waals surface area contributed by atoms with E-state index in [0.717, 1.165) is 0 Å². The number of carboxylic acid groups (broad SMARTS) is 1. The molecule has 104 valence electrons. The monoisotopic (exact) mass is 265 g/mol. The number of hydrogen-bond donors (Lipinski definition) is 2. The van der Waals surface area contributed by atoms with Crippen molar-refractivity contribution in [1.29, 1.82) is 0 Å². The summed E-state index contributed by atoms with van der Waals surface area (Å²) < 4.78 is 1.73. The summed E-state index contributed by atoms with van der Waals surface area (Å²) in [6.07, 6.45) is 3.62. The SMILES string of the molecule is CC(C)n1ccc(C(=O)N[C@@H]2CC[C@H](C(=O)O)C2)n1. The summed E-state index contributed by atoms with van der Waals surface area (Å²) >= 11 is 0. The first-order valence-electron chi connectivity index (χ1n) is 6.56. The maximum Gasteiger partial charge on any atom is 0.306 e. The van der Waals surface area contributed by atoms with E-state index in [-0.39, 0.29) is 23.9 Å². The Morgan fingerprint density at radius 3 is 2.74 bits per heavy atom. The number of carbonyl (C=O) groups excluding carboxylic acids is 1. The Hall–Kier alpha value is -1.85. The molecule has 2 atom stereocenters. The van der Waals surface area contributed by atoms with E-state index in [0.29, 0.717) is 25.0 Å². The molecule has 1 saturated carbocycles. The number of rotatable bonds is 4. The predicted octanol–water partition coefficient (Wildman–Crippen LogP) is 1.45. The van der Waals surface area contributed by atoms with E-state index >= 15 is 0 Å². The Morgan fingerprint density at radius 1 is 1.47 bits per heavy atom. The van der Waals surface area contributed by atoms with Crippen LogP contribution in [-0.4, -0.2) is 32.8 Å². The van der Waals surface area contributed by atoms with E-state index in [4.69, 9.17) is 5.11 Å². The lowest BCUT2D eigenvalue weighted by Gasteiger charge is -2.11. The van der Waals surface area contributed by atoms with Gasteiger partial charge in [0.05, 0.1) is 5.92 Å². The number of amides is 1. The Bertz CT molecular complexity index is 481. The average Bonchev–Trinajstić information content (AvgIpc) is 2.96. The smallest absolute Gasteiger partial charge is 0.306 e. The number of aliphatic carboxylic acids is 1. The highest BCUT2D eigenvalue weighted by molar-refractivity contribution is 5.92. The Labute approximate surface area is 111 Å². The van der Waals surface area contributed by atoms with Gasteiger partial charge in [-0.25, -0.2) is 0 Å². The molecule has 1 aliphatic rings. The van der Waals surface area contributed by atoms with Crippen molar-refractivity contribution in [2.75, 3.05) is 0 Å². The van der Waals surface area contributed by atoms with Crippen LogP contribution in [0.2, 0.25) is 0 Å². The van der Waals surface area contributed by atoms with Gasteiger partial charge in [0, 0.05) is 18.3 Å². The van der Waals surface area contributed by atoms with Crippen LogP contribution >= 0.6 is 0 Å². The third-order valence-corrected chi connectivity index (χ3v) is 3.49. The molecule has 1 aliphatic carbocycles. The topological polar surface area (TPSA) is 84.2 Å². The quantitative estimate of drug-likeness (QED) is 0.863. The molecule has 0 aliphatic heterocycles. The van der Waals surface area contributed by atoms with Crippen molar-refractivity contribution in [2.24, 2.45) is 5.92 Å². The zero-order valence-corrected chi connectivity index (χ0v) is 11.2. The molecule has 19 heavy (non-hydrogen) atoms. The second-order valence-electron chi connectivity index (χ2n) is 5.29. The maximum atomic E-state index is 12.0. The van der Waals surface area contributed by atoms with E-state index < -0.39 is 5.97 Å². The molecule has 6 heteroatoms. The molecule has 0 saturated heterocycles. The van der Waals surface area contributed by atoms with Crippen molar-refractivity contribution in [3.63, 3.8) is 0 Å². The van der Waals surface area contributed by atoms with Crippen molar-refractivity contribution >= 4 is 11.9 Å². The van der Waals surface area contributed by atoms with E-state index in [2.05, 4.69) is 10.4 Å². The summed E-state index contributed by atoms with van der Waals surface area (Å²) in [6.45, 7) is 3.98. The maximum absolute atomic E-state index is 12.0. The lowest BCUT2D eigenvalue weighted by molar-refractivity contribution is -0.141. The van der Waals surface area contributed by atoms with E-state index in [1.165, 1.54) is 0 Å². The zero-order chi connectivity index (χ0) is 14.0. The van der Waals surface area contributed by atoms with E-state index in [9.17, 15) is 9.59 Å². The molecule has 1 heterocycles. The van der Waals surface area contributed by atoms with Crippen LogP contribution in [0.25, 0.3) is 0 Å². The highest BCUT2D eigenvalue weighted by atomic mass is 16.4. The molecule has 0 aromatic carbocycles. The molecule has 2 rings (SSSR count). The number of carboxylic acids is 1. The van der Waals surface area contributed by atoms with Gasteiger partial charge in [-0.15, -0.1) is 0 Å². The molecule has 1 amide bonds. The molecule has 2 N–H and O–H groups in total. The van der Waals surface area contributed by atoms with Gasteiger partial charge in [0.2, 0.25) is 0 Å². The van der Waals surface area contributed by atoms with Crippen molar-refractivity contribution in [3.8, 4) is 0 Å². The minimum atomic E-state index is -0.777. The lowest BCUT2D eigenvalue weighted by atomic mass is 10.1. The van der Waals surface area contributed by atoms with Gasteiger partial charge in [-0.3, -0.25) is 14.3 Å². The fraction of sp³-hybridized carbons (Fsp3) is 0.615. The number of nitrogens with zero attached hydrogens (tertiary/aromatic N) is 2. The summed E-state index contributed by atoms with van der Waals surface area (Å²) in [6, 6.07) is 1.83. The number of carbonyl (C=O) groups is 2. The van der Waals surface area contributed by atoms with Gasteiger partial charge in [-0.1, -0.05) is 0 Å². The molecular formula is C13H19N3O3. The molecule has 1 aromatic rings. The largest absolute Gasteiger partial charge is 0.481 e. The normalized spacial score (nSPS) is 22.7. The lowest BCUT2D eigenvalue weighted by Crippen LogP contribution is -2.33. The molecule has 1 fully saturated rings. The summed E-state index contributed by atoms with van der Waals surface area (Å²) in [7, 11) is 0. The zero-order valence-electron chi connectivity index (χ0n) is 11.2. The summed E-state index contributed by atoms with van der Waals surface area (Å²) in [5.74, 6) is -1.34. The Morgan fingerprint density at radius 2 is 2.21 bits per heavy atom. The van der Waals surface area contributed by atoms with Crippen molar-refractivity contribution in [3.05, 3.63) is 18.0 Å². The number of aromatic nitrogens is 2. The third kappa shape index (κ3) is 3.13. The van der Waals surface area contributed by atoms with Crippen molar-refractivity contribution in [2.45, 2.75) is 45.2 Å². The van der Waals surface area contributed by atoms with Crippen LogP contribution in [0.15, 0.2) is 12.3 Å². The molecular weight excluding hydrogens is 246 g/mol. The van der Waals surface area contributed by atoms with Crippen LogP contribution in [0.4, 0.5) is 0 Å². The fourth-order valence-corrected chi connectivity index (χ4v) is 2.34. The van der Waals surface area contributed by atoms with Gasteiger partial charge in [0.1, 0.15) is 5.69 Å². The molecule has 0 radical (unpaired) electrons. The fourth-order valence-electron chi connectivity index (χ4n) is 2.34. The summed E-state index contributed by atoms with van der Waals surface area (Å²) in [4.78, 5) is 22.8. The van der Waals surface area contributed by atoms with Gasteiger partial charge in [0.15, 0.2) is 0 Å². The molecule has 0 unspecified atom stereocenters. The van der Waals surface area contributed by atoms with Crippen LogP contribution in [-0.2, 0) is 4.79 Å². The predicted molar refractivity (Wildman–Crippen MR) is 68.8 cm³/mol. The van der Waals surface area contributed by atoms with Gasteiger partial charge in [-0.05, 0) is 39.2 Å². The standard InChI is InChI=1S/C13H19N3O3/c1-8(2)16-6-5-11(15-16)12(17)14-10-4-3-9(7-10)13(18)19/h5-6,8-10H,3-4,7H2,1-2H3,(H,14,17)(H,18,19)/t9-,10+/m0/s1. The van der Waals surface area contributed by atoms with Crippen LogP contribution in [0.1, 0.15) is 49.6 Å². The first-order valence-corrected chi connectivity index (χ1v) is 6.56. The average molecular weight is 265 g/mol. The van der Waals surface area contributed by atoms with E-state index in [1.54, 1.807) is 16.9 Å². The van der Waals surface area contributed by atoms with Crippen LogP contribution in [0.3, 0.4) is 0 Å². The highest BCUT2D eigenvalue weighted by Gasteiger charge is 2.30. The van der Waals surface area contributed by atoms with E-state index in [1.807, 2.05) is 13.8 Å². The minimum Gasteiger partial charge on any atom is -0.481 e. The van der Waals surface area contributed by atoms with Gasteiger partial charge in [0.25, 0.3) is 5.91 Å². The van der Waals surface area contributed by atoms with Crippen molar-refractivity contribution in [1.82, 2.24) is 15.1 Å². The first-order chi connectivity index (χ1) is 8.97. The highest BCUT2D eigenvalue weighted by Crippen LogP contribution is 2.25. The van der Waals surface area contributed by atoms with Crippen LogP contribution in [0, 0.1) is 5.92 Å². The third-order valence-electron chi connectivity index (χ3n) is 3.49. The summed E-state index contributed by atoms with van der Waals surface area (Å²) in [5.41, 5.74) is 0.382. The first kappa shape index (κ1) is 13.6. The van der Waals surface area contributed by atoms with Crippen molar-refractivity contribution < 1.29 is 14.7 Å². The van der Waals surface area contributed by atoms with Gasteiger partial charge in [-0.2, -0.15) is 5.10 Å².